The fraction of sp³-hybridized carbons (Fsp3) is 0.333. The van der Waals surface area contributed by atoms with Crippen LogP contribution < -0.4 is 10.0 Å². The molecule has 0 amide bonds. The van der Waals surface area contributed by atoms with Gasteiger partial charge in [-0.1, -0.05) is 12.1 Å². The molecule has 0 bridgehead atoms. The van der Waals surface area contributed by atoms with Crippen LogP contribution in [0.4, 0.5) is 0 Å². The summed E-state index contributed by atoms with van der Waals surface area (Å²) in [5.41, 5.74) is 2.10. The van der Waals surface area contributed by atoms with Crippen LogP contribution in [0.15, 0.2) is 46.0 Å². The average Bonchev–Trinajstić information content (AvgIpc) is 2.91. The van der Waals surface area contributed by atoms with E-state index in [1.807, 2.05) is 36.9 Å². The number of rotatable bonds is 7. The van der Waals surface area contributed by atoms with Crippen LogP contribution in [0.1, 0.15) is 18.1 Å². The molecule has 1 atom stereocenters. The van der Waals surface area contributed by atoms with Crippen molar-refractivity contribution in [1.82, 2.24) is 10.0 Å². The molecule has 1 aromatic carbocycles. The number of sulfonamides is 1. The van der Waals surface area contributed by atoms with E-state index in [0.29, 0.717) is 17.9 Å². The first-order chi connectivity index (χ1) is 10.0. The Bertz CT molecular complexity index is 667. The minimum atomic E-state index is -3.48. The molecule has 21 heavy (non-hydrogen) atoms. The lowest BCUT2D eigenvalue weighted by molar-refractivity contribution is 0.560. The zero-order chi connectivity index (χ0) is 15.3. The molecule has 0 fully saturated rings. The molecule has 0 saturated carbocycles. The number of benzene rings is 1. The number of hydrogen-bond donors (Lipinski definition) is 2. The molecule has 2 N–H and O–H groups in total. The van der Waals surface area contributed by atoms with Crippen molar-refractivity contribution >= 4 is 21.4 Å². The molecule has 0 aliphatic carbocycles. The molecule has 2 rings (SSSR count). The van der Waals surface area contributed by atoms with Crippen LogP contribution in [-0.4, -0.2) is 21.5 Å². The van der Waals surface area contributed by atoms with E-state index in [2.05, 4.69) is 10.0 Å². The predicted octanol–water partition coefficient (Wildman–Crippen LogP) is 2.38. The summed E-state index contributed by atoms with van der Waals surface area (Å²) in [5, 5.41) is 7.06. The Morgan fingerprint density at radius 3 is 2.71 bits per heavy atom. The molecule has 114 valence electrons. The summed E-state index contributed by atoms with van der Waals surface area (Å²) in [4.78, 5) is 0.312. The summed E-state index contributed by atoms with van der Waals surface area (Å²) >= 11 is 1.62. The first kappa shape index (κ1) is 16.2. The van der Waals surface area contributed by atoms with Crippen molar-refractivity contribution < 1.29 is 8.42 Å². The molecular weight excluding hydrogens is 304 g/mol. The Balaban J connectivity index is 2.08. The van der Waals surface area contributed by atoms with Crippen LogP contribution in [0.2, 0.25) is 0 Å². The first-order valence-corrected chi connectivity index (χ1v) is 9.21. The van der Waals surface area contributed by atoms with Crippen LogP contribution in [0.3, 0.4) is 0 Å². The van der Waals surface area contributed by atoms with Crippen molar-refractivity contribution in [1.29, 1.82) is 0 Å². The molecule has 1 aromatic heterocycles. The van der Waals surface area contributed by atoms with Crippen molar-refractivity contribution in [2.75, 3.05) is 7.05 Å². The van der Waals surface area contributed by atoms with Gasteiger partial charge in [0.2, 0.25) is 10.0 Å². The lowest BCUT2D eigenvalue weighted by Crippen LogP contribution is -2.34. The fourth-order valence-corrected chi connectivity index (χ4v) is 4.16. The second-order valence-electron chi connectivity index (χ2n) is 5.04. The minimum absolute atomic E-state index is 0.141. The largest absolute Gasteiger partial charge is 0.316 e. The SMILES string of the molecule is CNCc1cccc(S(=O)(=O)NC(C)Cc2ccsc2)c1. The van der Waals surface area contributed by atoms with Crippen molar-refractivity contribution in [2.24, 2.45) is 0 Å². The van der Waals surface area contributed by atoms with Crippen molar-refractivity contribution in [2.45, 2.75) is 30.8 Å². The van der Waals surface area contributed by atoms with E-state index >= 15 is 0 Å². The van der Waals surface area contributed by atoms with Gasteiger partial charge in [-0.25, -0.2) is 13.1 Å². The molecule has 0 spiro atoms. The van der Waals surface area contributed by atoms with E-state index in [9.17, 15) is 8.42 Å². The summed E-state index contributed by atoms with van der Waals surface area (Å²) in [7, 11) is -1.64. The van der Waals surface area contributed by atoms with Gasteiger partial charge in [0.05, 0.1) is 4.90 Å². The van der Waals surface area contributed by atoms with Gasteiger partial charge in [-0.2, -0.15) is 11.3 Å². The molecule has 0 saturated heterocycles. The third kappa shape index (κ3) is 4.64. The van der Waals surface area contributed by atoms with Crippen LogP contribution in [-0.2, 0) is 23.0 Å². The van der Waals surface area contributed by atoms with Gasteiger partial charge in [-0.15, -0.1) is 0 Å². The van der Waals surface area contributed by atoms with Gasteiger partial charge in [0.1, 0.15) is 0 Å². The van der Waals surface area contributed by atoms with Gasteiger partial charge >= 0.3 is 0 Å². The maximum atomic E-state index is 12.4. The molecule has 1 heterocycles. The highest BCUT2D eigenvalue weighted by molar-refractivity contribution is 7.89. The topological polar surface area (TPSA) is 58.2 Å². The molecule has 1 unspecified atom stereocenters. The number of hydrogen-bond acceptors (Lipinski definition) is 4. The maximum absolute atomic E-state index is 12.4. The average molecular weight is 324 g/mol. The fourth-order valence-electron chi connectivity index (χ4n) is 2.16. The molecule has 0 aliphatic rings. The smallest absolute Gasteiger partial charge is 0.240 e. The van der Waals surface area contributed by atoms with Gasteiger partial charge < -0.3 is 5.32 Å². The highest BCUT2D eigenvalue weighted by Gasteiger charge is 2.17. The van der Waals surface area contributed by atoms with Crippen molar-refractivity contribution in [3.63, 3.8) is 0 Å². The molecule has 0 aliphatic heterocycles. The van der Waals surface area contributed by atoms with Gasteiger partial charge in [-0.3, -0.25) is 0 Å². The molecule has 2 aromatic rings. The van der Waals surface area contributed by atoms with Crippen LogP contribution in [0.5, 0.6) is 0 Å². The molecule has 0 radical (unpaired) electrons. The number of thiophene rings is 1. The van der Waals surface area contributed by atoms with E-state index in [4.69, 9.17) is 0 Å². The second kappa shape index (κ2) is 7.17. The summed E-state index contributed by atoms with van der Waals surface area (Å²) in [6.45, 7) is 2.53. The summed E-state index contributed by atoms with van der Waals surface area (Å²) in [6, 6.07) is 8.88. The predicted molar refractivity (Wildman–Crippen MR) is 87.0 cm³/mol. The van der Waals surface area contributed by atoms with E-state index in [0.717, 1.165) is 11.1 Å². The Labute approximate surface area is 130 Å². The Morgan fingerprint density at radius 2 is 2.05 bits per heavy atom. The van der Waals surface area contributed by atoms with Crippen molar-refractivity contribution in [3.05, 3.63) is 52.2 Å². The zero-order valence-electron chi connectivity index (χ0n) is 12.2. The van der Waals surface area contributed by atoms with E-state index in [1.54, 1.807) is 29.5 Å². The van der Waals surface area contributed by atoms with Crippen molar-refractivity contribution in [3.8, 4) is 0 Å². The van der Waals surface area contributed by atoms with E-state index in [1.165, 1.54) is 0 Å². The van der Waals surface area contributed by atoms with Gasteiger partial charge in [0.25, 0.3) is 0 Å². The standard InChI is InChI=1S/C15H20N2O2S2/c1-12(8-14-6-7-20-11-14)17-21(18,19)15-5-3-4-13(9-15)10-16-2/h3-7,9,11-12,16-17H,8,10H2,1-2H3. The lowest BCUT2D eigenvalue weighted by atomic mass is 10.1. The zero-order valence-corrected chi connectivity index (χ0v) is 13.8. The van der Waals surface area contributed by atoms with Crippen LogP contribution in [0.25, 0.3) is 0 Å². The Hall–Kier alpha value is -1.21. The third-order valence-electron chi connectivity index (χ3n) is 3.07. The second-order valence-corrected chi connectivity index (χ2v) is 7.53. The summed E-state index contributed by atoms with van der Waals surface area (Å²) < 4.78 is 27.5. The van der Waals surface area contributed by atoms with E-state index < -0.39 is 10.0 Å². The number of nitrogens with one attached hydrogen (secondary N) is 2. The normalized spacial score (nSPS) is 13.2. The summed E-state index contributed by atoms with van der Waals surface area (Å²) in [6.07, 6.45) is 0.693. The summed E-state index contributed by atoms with van der Waals surface area (Å²) in [5.74, 6) is 0. The first-order valence-electron chi connectivity index (χ1n) is 6.78. The van der Waals surface area contributed by atoms with E-state index in [-0.39, 0.29) is 6.04 Å². The lowest BCUT2D eigenvalue weighted by Gasteiger charge is -2.14. The molecular formula is C15H20N2O2S2. The van der Waals surface area contributed by atoms with Gasteiger partial charge in [0.15, 0.2) is 0 Å². The Kier molecular flexibility index (Phi) is 5.52. The molecule has 4 nitrogen and oxygen atoms in total. The maximum Gasteiger partial charge on any atom is 0.240 e. The third-order valence-corrected chi connectivity index (χ3v) is 5.39. The van der Waals surface area contributed by atoms with Crippen LogP contribution in [0, 0.1) is 0 Å². The van der Waals surface area contributed by atoms with Gasteiger partial charge in [-0.05, 0) is 60.5 Å². The minimum Gasteiger partial charge on any atom is -0.316 e. The van der Waals surface area contributed by atoms with Crippen LogP contribution >= 0.6 is 11.3 Å². The highest BCUT2D eigenvalue weighted by Crippen LogP contribution is 2.14. The monoisotopic (exact) mass is 324 g/mol. The van der Waals surface area contributed by atoms with Gasteiger partial charge in [0, 0.05) is 12.6 Å². The highest BCUT2D eigenvalue weighted by atomic mass is 32.2. The quantitative estimate of drug-likeness (QED) is 0.822. The Morgan fingerprint density at radius 1 is 1.24 bits per heavy atom. The molecule has 6 heteroatoms.